The van der Waals surface area contributed by atoms with Gasteiger partial charge in [0.25, 0.3) is 5.91 Å². The Hall–Kier alpha value is -1.46. The summed E-state index contributed by atoms with van der Waals surface area (Å²) < 4.78 is 0.933. The first-order valence-corrected chi connectivity index (χ1v) is 7.73. The number of amides is 1. The summed E-state index contributed by atoms with van der Waals surface area (Å²) in [6, 6.07) is 11.0. The van der Waals surface area contributed by atoms with Crippen LogP contribution in [0.5, 0.6) is 0 Å². The van der Waals surface area contributed by atoms with Crippen LogP contribution in [-0.2, 0) is 0 Å². The first kappa shape index (κ1) is 14.9. The quantitative estimate of drug-likeness (QED) is 0.752. The summed E-state index contributed by atoms with van der Waals surface area (Å²) in [5, 5.41) is 10.7. The zero-order chi connectivity index (χ0) is 14.5. The molecule has 3 nitrogen and oxygen atoms in total. The van der Waals surface area contributed by atoms with E-state index in [0.29, 0.717) is 17.0 Å². The Morgan fingerprint density at radius 2 is 2.00 bits per heavy atom. The fourth-order valence-electron chi connectivity index (χ4n) is 1.71. The molecule has 0 bridgehead atoms. The smallest absolute Gasteiger partial charge is 0.265 e. The van der Waals surface area contributed by atoms with Gasteiger partial charge in [-0.1, -0.05) is 19.1 Å². The van der Waals surface area contributed by atoms with Crippen molar-refractivity contribution in [2.45, 2.75) is 13.3 Å². The lowest BCUT2D eigenvalue weighted by Crippen LogP contribution is -2.10. The van der Waals surface area contributed by atoms with Gasteiger partial charge in [-0.25, -0.2) is 0 Å². The average molecular weight is 350 g/mol. The van der Waals surface area contributed by atoms with Gasteiger partial charge in [-0.3, -0.25) is 4.79 Å². The highest BCUT2D eigenvalue weighted by Crippen LogP contribution is 2.23. The second kappa shape index (κ2) is 6.81. The van der Waals surface area contributed by atoms with Crippen molar-refractivity contribution in [2.75, 3.05) is 5.32 Å². The van der Waals surface area contributed by atoms with Crippen LogP contribution in [0, 0.1) is 11.8 Å². The molecule has 0 unspecified atom stereocenters. The second-order valence-electron chi connectivity index (χ2n) is 4.23. The van der Waals surface area contributed by atoms with E-state index in [4.69, 9.17) is 5.41 Å². The number of hydrogen-bond donors (Lipinski definition) is 2. The van der Waals surface area contributed by atoms with Crippen molar-refractivity contribution >= 4 is 44.6 Å². The number of benzene rings is 1. The SMILES string of the molecule is C[CH]CC(=N)c1ccc(NC(=O)c2ccc(Br)s2)cc1. The normalized spacial score (nSPS) is 10.3. The summed E-state index contributed by atoms with van der Waals surface area (Å²) >= 11 is 4.73. The fourth-order valence-corrected chi connectivity index (χ4v) is 2.99. The average Bonchev–Trinajstić information content (AvgIpc) is 2.86. The molecule has 2 aromatic rings. The minimum atomic E-state index is -0.120. The number of anilines is 1. The number of carbonyl (C=O) groups is 1. The number of rotatable bonds is 5. The Morgan fingerprint density at radius 3 is 2.55 bits per heavy atom. The van der Waals surface area contributed by atoms with Crippen molar-refractivity contribution in [1.29, 1.82) is 5.41 Å². The summed E-state index contributed by atoms with van der Waals surface area (Å²) in [5.74, 6) is -0.120. The maximum Gasteiger partial charge on any atom is 0.265 e. The Morgan fingerprint density at radius 1 is 1.30 bits per heavy atom. The molecule has 20 heavy (non-hydrogen) atoms. The number of nitrogens with one attached hydrogen (secondary N) is 2. The van der Waals surface area contributed by atoms with Crippen molar-refractivity contribution in [3.8, 4) is 0 Å². The lowest BCUT2D eigenvalue weighted by atomic mass is 10.1. The molecule has 1 heterocycles. The van der Waals surface area contributed by atoms with E-state index in [2.05, 4.69) is 21.2 Å². The van der Waals surface area contributed by atoms with Crippen molar-refractivity contribution in [2.24, 2.45) is 0 Å². The molecule has 1 aromatic heterocycles. The molecular formula is C15H14BrN2OS. The molecule has 0 saturated heterocycles. The van der Waals surface area contributed by atoms with E-state index < -0.39 is 0 Å². The highest BCUT2D eigenvalue weighted by molar-refractivity contribution is 9.11. The van der Waals surface area contributed by atoms with Gasteiger partial charge in [-0.2, -0.15) is 0 Å². The van der Waals surface area contributed by atoms with Crippen LogP contribution in [0.15, 0.2) is 40.2 Å². The van der Waals surface area contributed by atoms with Crippen LogP contribution >= 0.6 is 27.3 Å². The Bertz CT molecular complexity index is 619. The summed E-state index contributed by atoms with van der Waals surface area (Å²) in [6.45, 7) is 1.93. The Balaban J connectivity index is 2.04. The van der Waals surface area contributed by atoms with Gasteiger partial charge in [0.15, 0.2) is 0 Å². The maximum atomic E-state index is 12.0. The van der Waals surface area contributed by atoms with Crippen molar-refractivity contribution in [1.82, 2.24) is 0 Å². The number of carbonyl (C=O) groups excluding carboxylic acids is 1. The first-order chi connectivity index (χ1) is 9.60. The molecule has 0 atom stereocenters. The predicted molar refractivity (Wildman–Crippen MR) is 87.8 cm³/mol. The van der Waals surface area contributed by atoms with Gasteiger partial charge in [0.2, 0.25) is 0 Å². The van der Waals surface area contributed by atoms with Crippen molar-refractivity contribution in [3.63, 3.8) is 0 Å². The van der Waals surface area contributed by atoms with Gasteiger partial charge < -0.3 is 10.7 Å². The predicted octanol–water partition coefficient (Wildman–Crippen LogP) is 4.75. The van der Waals surface area contributed by atoms with E-state index in [9.17, 15) is 4.79 Å². The molecule has 1 amide bonds. The number of thiophene rings is 1. The standard InChI is InChI=1S/C15H14BrN2OS/c1-2-3-12(17)10-4-6-11(7-5-10)18-15(19)13-8-9-14(16)20-13/h2,4-9,17H,3H2,1H3,(H,18,19). The van der Waals surface area contributed by atoms with Crippen LogP contribution in [0.1, 0.15) is 28.6 Å². The summed E-state index contributed by atoms with van der Waals surface area (Å²) in [7, 11) is 0. The van der Waals surface area contributed by atoms with E-state index in [1.807, 2.05) is 43.7 Å². The van der Waals surface area contributed by atoms with Crippen LogP contribution in [0.3, 0.4) is 0 Å². The van der Waals surface area contributed by atoms with Crippen molar-refractivity contribution in [3.05, 3.63) is 57.0 Å². The molecule has 103 valence electrons. The van der Waals surface area contributed by atoms with Crippen LogP contribution in [0.4, 0.5) is 5.69 Å². The third-order valence-corrected chi connectivity index (χ3v) is 4.32. The van der Waals surface area contributed by atoms with Crippen LogP contribution in [0.2, 0.25) is 0 Å². The van der Waals surface area contributed by atoms with Gasteiger partial charge in [-0.15, -0.1) is 11.3 Å². The molecule has 5 heteroatoms. The van der Waals surface area contributed by atoms with Gasteiger partial charge in [-0.05, 0) is 58.6 Å². The molecule has 0 spiro atoms. The molecule has 0 saturated carbocycles. The maximum absolute atomic E-state index is 12.0. The molecule has 2 rings (SSSR count). The lowest BCUT2D eigenvalue weighted by Gasteiger charge is -2.06. The van der Waals surface area contributed by atoms with Crippen LogP contribution in [0.25, 0.3) is 0 Å². The van der Waals surface area contributed by atoms with Gasteiger partial charge in [0, 0.05) is 11.4 Å². The molecular weight excluding hydrogens is 336 g/mol. The highest BCUT2D eigenvalue weighted by Gasteiger charge is 2.09. The molecule has 0 aliphatic heterocycles. The monoisotopic (exact) mass is 349 g/mol. The fraction of sp³-hybridized carbons (Fsp3) is 0.133. The second-order valence-corrected chi connectivity index (χ2v) is 6.69. The van der Waals surface area contributed by atoms with Gasteiger partial charge in [0.1, 0.15) is 0 Å². The molecule has 0 aliphatic rings. The number of hydrogen-bond acceptors (Lipinski definition) is 3. The molecule has 0 fully saturated rings. The van der Waals surface area contributed by atoms with E-state index in [1.165, 1.54) is 11.3 Å². The molecule has 0 aliphatic carbocycles. The Labute approximate surface area is 130 Å². The van der Waals surface area contributed by atoms with E-state index >= 15 is 0 Å². The van der Waals surface area contributed by atoms with Crippen LogP contribution < -0.4 is 5.32 Å². The minimum Gasteiger partial charge on any atom is -0.321 e. The van der Waals surface area contributed by atoms with E-state index in [0.717, 1.165) is 15.0 Å². The third-order valence-electron chi connectivity index (χ3n) is 2.70. The zero-order valence-corrected chi connectivity index (χ0v) is 13.3. The minimum absolute atomic E-state index is 0.120. The van der Waals surface area contributed by atoms with E-state index in [1.54, 1.807) is 6.07 Å². The molecule has 1 radical (unpaired) electrons. The summed E-state index contributed by atoms with van der Waals surface area (Å²) in [5.41, 5.74) is 2.18. The van der Waals surface area contributed by atoms with E-state index in [-0.39, 0.29) is 5.91 Å². The summed E-state index contributed by atoms with van der Waals surface area (Å²) in [4.78, 5) is 12.6. The first-order valence-electron chi connectivity index (χ1n) is 6.12. The highest BCUT2D eigenvalue weighted by atomic mass is 79.9. The lowest BCUT2D eigenvalue weighted by molar-refractivity contribution is 0.103. The topological polar surface area (TPSA) is 53.0 Å². The van der Waals surface area contributed by atoms with Gasteiger partial charge >= 0.3 is 0 Å². The van der Waals surface area contributed by atoms with Crippen LogP contribution in [-0.4, -0.2) is 11.6 Å². The largest absolute Gasteiger partial charge is 0.321 e. The number of halogens is 1. The Kier molecular flexibility index (Phi) is 5.09. The third kappa shape index (κ3) is 3.77. The molecule has 2 N–H and O–H groups in total. The summed E-state index contributed by atoms with van der Waals surface area (Å²) in [6.07, 6.45) is 2.60. The van der Waals surface area contributed by atoms with Crippen molar-refractivity contribution < 1.29 is 4.79 Å². The molecule has 1 aromatic carbocycles. The zero-order valence-electron chi connectivity index (χ0n) is 10.9. The van der Waals surface area contributed by atoms with Gasteiger partial charge in [0.05, 0.1) is 8.66 Å².